The molecule has 0 spiro atoms. The van der Waals surface area contributed by atoms with Crippen molar-refractivity contribution in [3.8, 4) is 0 Å². The summed E-state index contributed by atoms with van der Waals surface area (Å²) in [6.45, 7) is 0. The maximum atomic E-state index is 13.9. The molecule has 9 heteroatoms. The van der Waals surface area contributed by atoms with Crippen molar-refractivity contribution in [2.45, 2.75) is 87.8 Å². The number of rotatable bonds is 3. The van der Waals surface area contributed by atoms with Crippen LogP contribution < -0.4 is 5.32 Å². The second-order valence-electron chi connectivity index (χ2n) is 10.0. The van der Waals surface area contributed by atoms with E-state index in [2.05, 4.69) is 10.4 Å². The first-order valence-corrected chi connectivity index (χ1v) is 11.0. The summed E-state index contributed by atoms with van der Waals surface area (Å²) in [5.74, 6) is -0.0338. The lowest BCUT2D eigenvalue weighted by molar-refractivity contribution is -0.145. The smallest absolute Gasteiger partial charge is 0.393 e. The minimum Gasteiger partial charge on any atom is -0.393 e. The summed E-state index contributed by atoms with van der Waals surface area (Å²) < 4.78 is 42.7. The summed E-state index contributed by atoms with van der Waals surface area (Å²) in [6.07, 6.45) is 1.38. The lowest BCUT2D eigenvalue weighted by Gasteiger charge is -2.58. The highest BCUT2D eigenvalue weighted by molar-refractivity contribution is 5.95. The molecule has 0 radical (unpaired) electrons. The number of hydrogen-bond donors (Lipinski definition) is 3. The van der Waals surface area contributed by atoms with Crippen molar-refractivity contribution >= 4 is 5.91 Å². The third kappa shape index (κ3) is 3.43. The van der Waals surface area contributed by atoms with Gasteiger partial charge in [0.15, 0.2) is 5.69 Å². The number of hydrogen-bond acceptors (Lipinski definition) is 4. The standard InChI is InChI=1S/C21H28F3N3O3/c22-21(23,24)18-16(10-25-27(18)14-1-3-15(28)4-2-14)19(29)26-17-12-5-11-6-13(17)9-20(30,7-11)8-12/h10-15,17,28,30H,1-9H2,(H,26,29). The van der Waals surface area contributed by atoms with Crippen LogP contribution in [0.2, 0.25) is 0 Å². The van der Waals surface area contributed by atoms with Crippen LogP contribution in [-0.4, -0.2) is 43.6 Å². The first-order chi connectivity index (χ1) is 14.1. The molecule has 2 unspecified atom stereocenters. The van der Waals surface area contributed by atoms with Gasteiger partial charge in [-0.25, -0.2) is 0 Å². The van der Waals surface area contributed by atoms with Crippen LogP contribution in [0.15, 0.2) is 6.20 Å². The molecule has 5 aliphatic carbocycles. The van der Waals surface area contributed by atoms with E-state index in [1.165, 1.54) is 0 Å². The van der Waals surface area contributed by atoms with Crippen molar-refractivity contribution in [1.82, 2.24) is 15.1 Å². The highest BCUT2D eigenvalue weighted by Crippen LogP contribution is 2.55. The molecule has 6 rings (SSSR count). The third-order valence-electron chi connectivity index (χ3n) is 7.86. The summed E-state index contributed by atoms with van der Waals surface area (Å²) in [4.78, 5) is 13.0. The van der Waals surface area contributed by atoms with E-state index in [4.69, 9.17) is 0 Å². The molecule has 0 aromatic carbocycles. The van der Waals surface area contributed by atoms with Crippen LogP contribution in [-0.2, 0) is 6.18 Å². The number of aliphatic hydroxyl groups excluding tert-OH is 1. The zero-order valence-electron chi connectivity index (χ0n) is 16.7. The molecule has 1 amide bonds. The van der Waals surface area contributed by atoms with E-state index in [9.17, 15) is 28.2 Å². The van der Waals surface area contributed by atoms with Crippen LogP contribution in [0.25, 0.3) is 0 Å². The molecule has 166 valence electrons. The fraction of sp³-hybridized carbons (Fsp3) is 0.810. The summed E-state index contributed by atoms with van der Waals surface area (Å²) in [7, 11) is 0. The zero-order valence-corrected chi connectivity index (χ0v) is 16.7. The Hall–Kier alpha value is -1.61. The van der Waals surface area contributed by atoms with Gasteiger partial charge in [0.1, 0.15) is 0 Å². The zero-order chi connectivity index (χ0) is 21.3. The molecule has 1 aromatic rings. The van der Waals surface area contributed by atoms with E-state index < -0.39 is 41.1 Å². The minimum atomic E-state index is -4.70. The van der Waals surface area contributed by atoms with Crippen molar-refractivity contribution < 1.29 is 28.2 Å². The van der Waals surface area contributed by atoms with Crippen LogP contribution in [0.5, 0.6) is 0 Å². The number of alkyl halides is 3. The Labute approximate surface area is 172 Å². The topological polar surface area (TPSA) is 87.4 Å². The second-order valence-corrected chi connectivity index (χ2v) is 10.0. The maximum Gasteiger partial charge on any atom is 0.433 e. The number of nitrogens with zero attached hydrogens (tertiary/aromatic N) is 2. The predicted molar refractivity (Wildman–Crippen MR) is 100 cm³/mol. The number of carbonyl (C=O) groups excluding carboxylic acids is 1. The average Bonchev–Trinajstić information content (AvgIpc) is 3.09. The molecule has 5 aliphatic rings. The third-order valence-corrected chi connectivity index (χ3v) is 7.86. The van der Waals surface area contributed by atoms with Crippen molar-refractivity contribution in [3.05, 3.63) is 17.5 Å². The Kier molecular flexibility index (Phi) is 4.70. The van der Waals surface area contributed by atoms with E-state index in [-0.39, 0.29) is 17.9 Å². The number of carbonyl (C=O) groups is 1. The lowest BCUT2D eigenvalue weighted by Crippen LogP contribution is -2.61. The van der Waals surface area contributed by atoms with E-state index >= 15 is 0 Å². The maximum absolute atomic E-state index is 13.9. The lowest BCUT2D eigenvalue weighted by atomic mass is 9.52. The van der Waals surface area contributed by atoms with Crippen LogP contribution in [0.1, 0.15) is 79.9 Å². The quantitative estimate of drug-likeness (QED) is 0.692. The van der Waals surface area contributed by atoms with E-state index in [0.717, 1.165) is 30.1 Å². The monoisotopic (exact) mass is 427 g/mol. The number of nitrogens with one attached hydrogen (secondary N) is 1. The molecule has 2 atom stereocenters. The molecule has 1 heterocycles. The Balaban J connectivity index is 1.38. The van der Waals surface area contributed by atoms with Gasteiger partial charge < -0.3 is 15.5 Å². The van der Waals surface area contributed by atoms with Crippen LogP contribution in [0, 0.1) is 17.8 Å². The Morgan fingerprint density at radius 3 is 2.33 bits per heavy atom. The SMILES string of the molecule is O=C(NC1C2CC3CC1CC(O)(C3)C2)c1cnn(C2CCC(O)CC2)c1C(F)(F)F. The largest absolute Gasteiger partial charge is 0.433 e. The summed E-state index contributed by atoms with van der Waals surface area (Å²) >= 11 is 0. The Morgan fingerprint density at radius 2 is 1.77 bits per heavy atom. The van der Waals surface area contributed by atoms with Gasteiger partial charge in [-0.15, -0.1) is 0 Å². The van der Waals surface area contributed by atoms with E-state index in [1.807, 2.05) is 0 Å². The highest BCUT2D eigenvalue weighted by atomic mass is 19.4. The van der Waals surface area contributed by atoms with Gasteiger partial charge in [0.25, 0.3) is 5.91 Å². The van der Waals surface area contributed by atoms with Gasteiger partial charge in [0.05, 0.1) is 29.5 Å². The van der Waals surface area contributed by atoms with Crippen molar-refractivity contribution in [2.75, 3.05) is 0 Å². The minimum absolute atomic E-state index is 0.120. The molecule has 6 nitrogen and oxygen atoms in total. The summed E-state index contributed by atoms with van der Waals surface area (Å²) in [5.41, 5.74) is -2.09. The van der Waals surface area contributed by atoms with Gasteiger partial charge in [-0.1, -0.05) is 0 Å². The second kappa shape index (κ2) is 6.95. The number of amides is 1. The van der Waals surface area contributed by atoms with Crippen molar-refractivity contribution in [3.63, 3.8) is 0 Å². The number of aromatic nitrogens is 2. The molecule has 0 aliphatic heterocycles. The first-order valence-electron chi connectivity index (χ1n) is 11.0. The number of aliphatic hydroxyl groups is 2. The van der Waals surface area contributed by atoms with Crippen LogP contribution >= 0.6 is 0 Å². The molecular weight excluding hydrogens is 399 g/mol. The molecule has 30 heavy (non-hydrogen) atoms. The van der Waals surface area contributed by atoms with Gasteiger partial charge >= 0.3 is 6.18 Å². The van der Waals surface area contributed by atoms with Gasteiger partial charge in [0.2, 0.25) is 0 Å². The van der Waals surface area contributed by atoms with Crippen molar-refractivity contribution in [2.24, 2.45) is 17.8 Å². The summed E-state index contributed by atoms with van der Waals surface area (Å²) in [6, 6.07) is -0.661. The molecule has 1 aromatic heterocycles. The summed E-state index contributed by atoms with van der Waals surface area (Å²) in [5, 5.41) is 27.2. The van der Waals surface area contributed by atoms with Gasteiger partial charge in [-0.05, 0) is 75.5 Å². The van der Waals surface area contributed by atoms with E-state index in [1.54, 1.807) is 0 Å². The predicted octanol–water partition coefficient (Wildman–Crippen LogP) is 3.05. The fourth-order valence-corrected chi connectivity index (χ4v) is 6.84. The first kappa shape index (κ1) is 20.3. The average molecular weight is 427 g/mol. The molecule has 4 bridgehead atoms. The van der Waals surface area contributed by atoms with Crippen LogP contribution in [0.4, 0.5) is 13.2 Å². The Bertz CT molecular complexity index is 815. The van der Waals surface area contributed by atoms with Gasteiger partial charge in [-0.2, -0.15) is 18.3 Å². The number of halogens is 3. The molecule has 5 fully saturated rings. The van der Waals surface area contributed by atoms with E-state index in [0.29, 0.717) is 44.4 Å². The van der Waals surface area contributed by atoms with Gasteiger partial charge in [0, 0.05) is 6.04 Å². The molecular formula is C21H28F3N3O3. The van der Waals surface area contributed by atoms with Crippen LogP contribution in [0.3, 0.4) is 0 Å². The fourth-order valence-electron chi connectivity index (χ4n) is 6.84. The normalized spacial score (nSPS) is 40.6. The molecule has 5 saturated carbocycles. The molecule has 0 saturated heterocycles. The Morgan fingerprint density at radius 1 is 1.13 bits per heavy atom. The van der Waals surface area contributed by atoms with Crippen molar-refractivity contribution in [1.29, 1.82) is 0 Å². The highest BCUT2D eigenvalue weighted by Gasteiger charge is 2.55. The molecule has 3 N–H and O–H groups in total. The van der Waals surface area contributed by atoms with Gasteiger partial charge in [-0.3, -0.25) is 9.48 Å².